The zero-order chi connectivity index (χ0) is 19.5. The van der Waals surface area contributed by atoms with E-state index in [4.69, 9.17) is 4.74 Å². The number of amides is 1. The Bertz CT molecular complexity index is 991. The molecule has 1 aliphatic heterocycles. The third kappa shape index (κ3) is 3.74. The number of hydrogen-bond donors (Lipinski definition) is 0. The summed E-state index contributed by atoms with van der Waals surface area (Å²) in [5.74, 6) is 0.507. The molecule has 1 amide bonds. The Hall–Kier alpha value is -3.21. The van der Waals surface area contributed by atoms with Gasteiger partial charge in [-0.25, -0.2) is 4.39 Å². The molecule has 5 heteroatoms. The van der Waals surface area contributed by atoms with Gasteiger partial charge in [-0.05, 0) is 47.0 Å². The molecule has 0 unspecified atom stereocenters. The first-order chi connectivity index (χ1) is 13.6. The van der Waals surface area contributed by atoms with Gasteiger partial charge in [0.15, 0.2) is 0 Å². The van der Waals surface area contributed by atoms with Gasteiger partial charge in [0, 0.05) is 19.7 Å². The zero-order valence-corrected chi connectivity index (χ0v) is 15.6. The molecule has 0 aliphatic carbocycles. The van der Waals surface area contributed by atoms with E-state index < -0.39 is 6.04 Å². The molecule has 2 heterocycles. The van der Waals surface area contributed by atoms with Crippen molar-refractivity contribution >= 4 is 5.91 Å². The molecule has 0 saturated carbocycles. The van der Waals surface area contributed by atoms with Crippen LogP contribution < -0.4 is 4.74 Å². The standard InChI is InChI=1S/C23H21FN2O2/c1-26(22(27)14-16-8-9-21-17(13-16)10-12-28-21)23(20-7-2-3-11-25-20)18-5-4-6-19(24)15-18/h2-9,11,13,15,23H,10,12,14H2,1H3/t23-/m1/s1. The van der Waals surface area contributed by atoms with Gasteiger partial charge in [-0.3, -0.25) is 9.78 Å². The molecule has 0 radical (unpaired) electrons. The lowest BCUT2D eigenvalue weighted by Crippen LogP contribution is -2.33. The normalized spacial score (nSPS) is 13.5. The maximum Gasteiger partial charge on any atom is 0.227 e. The van der Waals surface area contributed by atoms with E-state index in [-0.39, 0.29) is 18.1 Å². The highest BCUT2D eigenvalue weighted by atomic mass is 19.1. The highest BCUT2D eigenvalue weighted by molar-refractivity contribution is 5.79. The van der Waals surface area contributed by atoms with Crippen molar-refractivity contribution in [1.82, 2.24) is 9.88 Å². The minimum Gasteiger partial charge on any atom is -0.493 e. The number of pyridine rings is 1. The van der Waals surface area contributed by atoms with Gasteiger partial charge in [-0.2, -0.15) is 0 Å². The van der Waals surface area contributed by atoms with Crippen LogP contribution in [0.1, 0.15) is 28.4 Å². The van der Waals surface area contributed by atoms with E-state index in [1.54, 1.807) is 24.2 Å². The van der Waals surface area contributed by atoms with Crippen molar-refractivity contribution in [2.75, 3.05) is 13.7 Å². The van der Waals surface area contributed by atoms with E-state index in [2.05, 4.69) is 4.98 Å². The Labute approximate surface area is 163 Å². The lowest BCUT2D eigenvalue weighted by Gasteiger charge is -2.28. The summed E-state index contributed by atoms with van der Waals surface area (Å²) in [6.45, 7) is 0.688. The summed E-state index contributed by atoms with van der Waals surface area (Å²) >= 11 is 0. The second kappa shape index (κ2) is 7.80. The van der Waals surface area contributed by atoms with Gasteiger partial charge in [0.2, 0.25) is 5.91 Å². The minimum atomic E-state index is -0.456. The first kappa shape index (κ1) is 18.2. The maximum atomic E-state index is 13.8. The van der Waals surface area contributed by atoms with Crippen LogP contribution in [0.5, 0.6) is 5.75 Å². The molecule has 0 spiro atoms. The van der Waals surface area contributed by atoms with Crippen LogP contribution in [0.4, 0.5) is 4.39 Å². The average Bonchev–Trinajstić information content (AvgIpc) is 3.17. The molecule has 1 aliphatic rings. The molecule has 0 N–H and O–H groups in total. The van der Waals surface area contributed by atoms with E-state index in [0.29, 0.717) is 17.9 Å². The van der Waals surface area contributed by atoms with Crippen molar-refractivity contribution in [2.24, 2.45) is 0 Å². The summed E-state index contributed by atoms with van der Waals surface area (Å²) in [5, 5.41) is 0. The molecule has 0 bridgehead atoms. The smallest absolute Gasteiger partial charge is 0.227 e. The van der Waals surface area contributed by atoms with E-state index in [1.807, 2.05) is 42.5 Å². The summed E-state index contributed by atoms with van der Waals surface area (Å²) in [5.41, 5.74) is 3.47. The van der Waals surface area contributed by atoms with Crippen LogP contribution in [-0.4, -0.2) is 29.4 Å². The highest BCUT2D eigenvalue weighted by Crippen LogP contribution is 2.29. The van der Waals surface area contributed by atoms with E-state index in [1.165, 1.54) is 12.1 Å². The predicted octanol–water partition coefficient (Wildman–Crippen LogP) is 3.95. The number of carbonyl (C=O) groups excluding carboxylic acids is 1. The molecule has 1 aromatic heterocycles. The number of halogens is 1. The lowest BCUT2D eigenvalue weighted by atomic mass is 10.00. The van der Waals surface area contributed by atoms with Gasteiger partial charge in [0.25, 0.3) is 0 Å². The zero-order valence-electron chi connectivity index (χ0n) is 15.6. The number of rotatable bonds is 5. The van der Waals surface area contributed by atoms with Crippen LogP contribution in [0.25, 0.3) is 0 Å². The molecular formula is C23H21FN2O2. The monoisotopic (exact) mass is 376 g/mol. The van der Waals surface area contributed by atoms with Crippen LogP contribution in [-0.2, 0) is 17.6 Å². The largest absolute Gasteiger partial charge is 0.493 e. The SMILES string of the molecule is CN(C(=O)Cc1ccc2c(c1)CCO2)[C@H](c1cccc(F)c1)c1ccccn1. The number of benzene rings is 2. The molecule has 142 valence electrons. The van der Waals surface area contributed by atoms with Crippen LogP contribution >= 0.6 is 0 Å². The fraction of sp³-hybridized carbons (Fsp3) is 0.217. The summed E-state index contributed by atoms with van der Waals surface area (Å²) < 4.78 is 19.4. The molecular weight excluding hydrogens is 355 g/mol. The predicted molar refractivity (Wildman–Crippen MR) is 105 cm³/mol. The minimum absolute atomic E-state index is 0.0567. The summed E-state index contributed by atoms with van der Waals surface area (Å²) in [7, 11) is 1.74. The van der Waals surface area contributed by atoms with Crippen molar-refractivity contribution in [3.05, 3.63) is 95.1 Å². The topological polar surface area (TPSA) is 42.4 Å². The second-order valence-electron chi connectivity index (χ2n) is 6.93. The number of carbonyl (C=O) groups is 1. The van der Waals surface area contributed by atoms with Crippen LogP contribution in [0.3, 0.4) is 0 Å². The molecule has 2 aromatic carbocycles. The molecule has 0 saturated heterocycles. The molecule has 3 aromatic rings. The second-order valence-corrected chi connectivity index (χ2v) is 6.93. The number of likely N-dealkylation sites (N-methyl/N-ethyl adjacent to an activating group) is 1. The molecule has 4 rings (SSSR count). The summed E-state index contributed by atoms with van der Waals surface area (Å²) in [4.78, 5) is 19.1. The third-order valence-corrected chi connectivity index (χ3v) is 5.02. The number of fused-ring (bicyclic) bond motifs is 1. The van der Waals surface area contributed by atoms with Gasteiger partial charge in [-0.15, -0.1) is 0 Å². The van der Waals surface area contributed by atoms with Crippen molar-refractivity contribution in [3.8, 4) is 5.75 Å². The first-order valence-corrected chi connectivity index (χ1v) is 9.28. The third-order valence-electron chi connectivity index (χ3n) is 5.02. The molecule has 1 atom stereocenters. The quantitative estimate of drug-likeness (QED) is 0.677. The maximum absolute atomic E-state index is 13.8. The average molecular weight is 376 g/mol. The Morgan fingerprint density at radius 1 is 1.18 bits per heavy atom. The summed E-state index contributed by atoms with van der Waals surface area (Å²) in [6.07, 6.45) is 2.82. The number of ether oxygens (including phenoxy) is 1. The van der Waals surface area contributed by atoms with Crippen molar-refractivity contribution in [2.45, 2.75) is 18.9 Å². The van der Waals surface area contributed by atoms with Crippen molar-refractivity contribution < 1.29 is 13.9 Å². The highest BCUT2D eigenvalue weighted by Gasteiger charge is 2.25. The number of hydrogen-bond acceptors (Lipinski definition) is 3. The van der Waals surface area contributed by atoms with Gasteiger partial charge in [0.1, 0.15) is 11.6 Å². The fourth-order valence-electron chi connectivity index (χ4n) is 3.60. The lowest BCUT2D eigenvalue weighted by molar-refractivity contribution is -0.130. The Morgan fingerprint density at radius 3 is 2.86 bits per heavy atom. The van der Waals surface area contributed by atoms with Crippen LogP contribution in [0.15, 0.2) is 66.9 Å². The number of aromatic nitrogens is 1. The van der Waals surface area contributed by atoms with Gasteiger partial charge < -0.3 is 9.64 Å². The Kier molecular flexibility index (Phi) is 5.06. The summed E-state index contributed by atoms with van der Waals surface area (Å²) in [6, 6.07) is 17.3. The Balaban J connectivity index is 1.61. The van der Waals surface area contributed by atoms with Gasteiger partial charge in [0.05, 0.1) is 24.8 Å². The molecule has 0 fully saturated rings. The van der Waals surface area contributed by atoms with E-state index in [9.17, 15) is 9.18 Å². The van der Waals surface area contributed by atoms with Crippen LogP contribution in [0, 0.1) is 5.82 Å². The molecule has 28 heavy (non-hydrogen) atoms. The van der Waals surface area contributed by atoms with E-state index in [0.717, 1.165) is 23.3 Å². The fourth-order valence-corrected chi connectivity index (χ4v) is 3.60. The van der Waals surface area contributed by atoms with E-state index >= 15 is 0 Å². The Morgan fingerprint density at radius 2 is 2.07 bits per heavy atom. The van der Waals surface area contributed by atoms with Gasteiger partial charge in [-0.1, -0.05) is 30.3 Å². The van der Waals surface area contributed by atoms with Crippen LogP contribution in [0.2, 0.25) is 0 Å². The molecule has 4 nitrogen and oxygen atoms in total. The number of nitrogens with zero attached hydrogens (tertiary/aromatic N) is 2. The van der Waals surface area contributed by atoms with Gasteiger partial charge >= 0.3 is 0 Å². The van der Waals surface area contributed by atoms with Crippen molar-refractivity contribution in [3.63, 3.8) is 0 Å². The van der Waals surface area contributed by atoms with Crippen molar-refractivity contribution in [1.29, 1.82) is 0 Å². The first-order valence-electron chi connectivity index (χ1n) is 9.28.